The fourth-order valence-corrected chi connectivity index (χ4v) is 1.95. The van der Waals surface area contributed by atoms with Crippen molar-refractivity contribution in [1.82, 2.24) is 0 Å². The second-order valence-corrected chi connectivity index (χ2v) is 4.22. The molecule has 1 atom stereocenters. The van der Waals surface area contributed by atoms with Crippen LogP contribution in [-0.4, -0.2) is 24.0 Å². The zero-order valence-corrected chi connectivity index (χ0v) is 11.0. The number of carbonyl (C=O) groups excluding carboxylic acids is 1. The first-order valence-corrected chi connectivity index (χ1v) is 5.66. The first kappa shape index (κ1) is 14.1. The number of nitro benzene ring substituents is 1. The van der Waals surface area contributed by atoms with Crippen molar-refractivity contribution in [2.75, 3.05) is 7.11 Å². The number of nitro groups is 1. The Bertz CT molecular complexity index is 524. The predicted octanol–water partition coefficient (Wildman–Crippen LogP) is 2.36. The number of hydrogen-bond acceptors (Lipinski definition) is 4. The van der Waals surface area contributed by atoms with Gasteiger partial charge in [0, 0.05) is 10.5 Å². The molecule has 0 aliphatic rings. The maximum Gasteiger partial charge on any atom is 0.390 e. The molecule has 0 saturated carbocycles. The summed E-state index contributed by atoms with van der Waals surface area (Å²) in [6, 6.07) is 3.41. The third-order valence-corrected chi connectivity index (χ3v) is 3.06. The largest absolute Gasteiger partial charge is 0.463 e. The van der Waals surface area contributed by atoms with Crippen molar-refractivity contribution in [1.29, 1.82) is 0 Å². The van der Waals surface area contributed by atoms with Gasteiger partial charge in [0.25, 0.3) is 5.69 Å². The molecule has 6 nitrogen and oxygen atoms in total. The maximum atomic E-state index is 11.3. The number of rotatable bonds is 4. The molecular weight excluding hydrogens is 304 g/mol. The molecule has 94 valence electrons. The van der Waals surface area contributed by atoms with Gasteiger partial charge in [-0.1, -0.05) is 22.0 Å². The standard InChI is InChI=1S/C11H9BrN2O4/c1-13-9(11(15)18-2)6-7-8(12)4-3-5-10(7)14(16)17/h3-5,9H,6H2,2H3. The van der Waals surface area contributed by atoms with E-state index in [0.717, 1.165) is 0 Å². The second kappa shape index (κ2) is 6.12. The van der Waals surface area contributed by atoms with Crippen molar-refractivity contribution in [3.05, 3.63) is 49.8 Å². The Morgan fingerprint density at radius 1 is 1.67 bits per heavy atom. The molecule has 0 radical (unpaired) electrons. The van der Waals surface area contributed by atoms with E-state index in [2.05, 4.69) is 25.5 Å². The van der Waals surface area contributed by atoms with Crippen LogP contribution in [0.1, 0.15) is 5.56 Å². The van der Waals surface area contributed by atoms with Crippen molar-refractivity contribution in [3.63, 3.8) is 0 Å². The number of carbonyl (C=O) groups is 1. The normalized spacial score (nSPS) is 11.4. The lowest BCUT2D eigenvalue weighted by atomic mass is 10.0. The summed E-state index contributed by atoms with van der Waals surface area (Å²) in [4.78, 5) is 24.8. The summed E-state index contributed by atoms with van der Waals surface area (Å²) in [5.41, 5.74) is 0.191. The molecule has 0 aliphatic heterocycles. The number of benzene rings is 1. The highest BCUT2D eigenvalue weighted by Gasteiger charge is 2.29. The predicted molar refractivity (Wildman–Crippen MR) is 66.9 cm³/mol. The number of halogens is 1. The van der Waals surface area contributed by atoms with Crippen LogP contribution >= 0.6 is 15.9 Å². The van der Waals surface area contributed by atoms with E-state index in [1.807, 2.05) is 0 Å². The molecule has 0 heterocycles. The van der Waals surface area contributed by atoms with Crippen LogP contribution in [0, 0.1) is 16.7 Å². The van der Waals surface area contributed by atoms with Gasteiger partial charge in [-0.2, -0.15) is 0 Å². The molecule has 18 heavy (non-hydrogen) atoms. The lowest BCUT2D eigenvalue weighted by molar-refractivity contribution is -0.385. The van der Waals surface area contributed by atoms with Gasteiger partial charge in [-0.05, 0) is 6.07 Å². The minimum Gasteiger partial charge on any atom is -0.463 e. The van der Waals surface area contributed by atoms with E-state index < -0.39 is 16.9 Å². The highest BCUT2D eigenvalue weighted by molar-refractivity contribution is 9.10. The van der Waals surface area contributed by atoms with Crippen LogP contribution < -0.4 is 0 Å². The van der Waals surface area contributed by atoms with E-state index in [1.165, 1.54) is 19.2 Å². The van der Waals surface area contributed by atoms with Crippen molar-refractivity contribution in [2.45, 2.75) is 12.5 Å². The molecule has 1 aromatic carbocycles. The van der Waals surface area contributed by atoms with E-state index in [4.69, 9.17) is 6.57 Å². The first-order chi connectivity index (χ1) is 8.51. The summed E-state index contributed by atoms with van der Waals surface area (Å²) in [6.07, 6.45) is -0.0616. The van der Waals surface area contributed by atoms with Crippen LogP contribution in [0.15, 0.2) is 22.7 Å². The maximum absolute atomic E-state index is 11.3. The third-order valence-electron chi connectivity index (χ3n) is 2.32. The van der Waals surface area contributed by atoms with Crippen LogP contribution in [0.4, 0.5) is 5.69 Å². The van der Waals surface area contributed by atoms with Crippen molar-refractivity contribution < 1.29 is 14.5 Å². The van der Waals surface area contributed by atoms with Gasteiger partial charge in [-0.3, -0.25) is 10.1 Å². The summed E-state index contributed by atoms with van der Waals surface area (Å²) in [7, 11) is 1.18. The SMILES string of the molecule is [C-]#[N+]C(Cc1c(Br)cccc1[N+](=O)[O-])C(=O)OC. The van der Waals surface area contributed by atoms with Crippen LogP contribution in [0.3, 0.4) is 0 Å². The summed E-state index contributed by atoms with van der Waals surface area (Å²) in [5.74, 6) is -0.699. The molecule has 1 rings (SSSR count). The van der Waals surface area contributed by atoms with Crippen molar-refractivity contribution >= 4 is 27.6 Å². The van der Waals surface area contributed by atoms with E-state index in [1.54, 1.807) is 6.07 Å². The van der Waals surface area contributed by atoms with Gasteiger partial charge >= 0.3 is 12.0 Å². The number of esters is 1. The Balaban J connectivity index is 3.14. The minimum atomic E-state index is -1.08. The summed E-state index contributed by atoms with van der Waals surface area (Å²) in [5, 5.41) is 10.9. The summed E-state index contributed by atoms with van der Waals surface area (Å²) < 4.78 is 4.97. The Morgan fingerprint density at radius 3 is 2.83 bits per heavy atom. The monoisotopic (exact) mass is 312 g/mol. The summed E-state index contributed by atoms with van der Waals surface area (Å²) in [6.45, 7) is 6.93. The van der Waals surface area contributed by atoms with Gasteiger partial charge < -0.3 is 9.58 Å². The molecular formula is C11H9BrN2O4. The smallest absolute Gasteiger partial charge is 0.390 e. The molecule has 0 aliphatic carbocycles. The number of ether oxygens (including phenoxy) is 1. The molecule has 0 spiro atoms. The highest BCUT2D eigenvalue weighted by atomic mass is 79.9. The quantitative estimate of drug-likeness (QED) is 0.370. The number of hydrogen-bond donors (Lipinski definition) is 0. The van der Waals surface area contributed by atoms with Gasteiger partial charge in [-0.25, -0.2) is 11.4 Å². The van der Waals surface area contributed by atoms with Crippen molar-refractivity contribution in [3.8, 4) is 0 Å². The second-order valence-electron chi connectivity index (χ2n) is 3.37. The number of methoxy groups -OCH3 is 1. The Hall–Kier alpha value is -1.94. The van der Waals surface area contributed by atoms with Crippen molar-refractivity contribution in [2.24, 2.45) is 0 Å². The van der Waals surface area contributed by atoms with Crippen LogP contribution in [0.2, 0.25) is 0 Å². The van der Waals surface area contributed by atoms with Crippen LogP contribution in [0.25, 0.3) is 4.85 Å². The van der Waals surface area contributed by atoms with Crippen LogP contribution in [-0.2, 0) is 16.0 Å². The fourth-order valence-electron chi connectivity index (χ4n) is 1.43. The van der Waals surface area contributed by atoms with E-state index in [-0.39, 0.29) is 12.1 Å². The van der Waals surface area contributed by atoms with E-state index in [0.29, 0.717) is 10.0 Å². The van der Waals surface area contributed by atoms with E-state index in [9.17, 15) is 14.9 Å². The molecule has 0 N–H and O–H groups in total. The molecule has 1 unspecified atom stereocenters. The van der Waals surface area contributed by atoms with Gasteiger partial charge in [0.05, 0.1) is 24.0 Å². The van der Waals surface area contributed by atoms with Gasteiger partial charge in [-0.15, -0.1) is 0 Å². The molecule has 0 aromatic heterocycles. The lowest BCUT2D eigenvalue weighted by Gasteiger charge is -2.06. The number of nitrogens with zero attached hydrogens (tertiary/aromatic N) is 2. The Kier molecular flexibility index (Phi) is 4.80. The highest BCUT2D eigenvalue weighted by Crippen LogP contribution is 2.28. The van der Waals surface area contributed by atoms with Gasteiger partial charge in [0.2, 0.25) is 0 Å². The molecule has 7 heteroatoms. The Morgan fingerprint density at radius 2 is 2.33 bits per heavy atom. The topological polar surface area (TPSA) is 73.8 Å². The first-order valence-electron chi connectivity index (χ1n) is 4.87. The van der Waals surface area contributed by atoms with Gasteiger partial charge in [0.15, 0.2) is 0 Å². The molecule has 0 fully saturated rings. The zero-order chi connectivity index (χ0) is 13.7. The third kappa shape index (κ3) is 3.05. The van der Waals surface area contributed by atoms with Gasteiger partial charge in [0.1, 0.15) is 0 Å². The molecule has 0 saturated heterocycles. The Labute approximate surface area is 112 Å². The molecule has 0 amide bonds. The average Bonchev–Trinajstić information content (AvgIpc) is 2.36. The lowest BCUT2D eigenvalue weighted by Crippen LogP contribution is -2.21. The van der Waals surface area contributed by atoms with E-state index >= 15 is 0 Å². The minimum absolute atomic E-state index is 0.0616. The summed E-state index contributed by atoms with van der Waals surface area (Å²) >= 11 is 3.18. The average molecular weight is 313 g/mol. The fraction of sp³-hybridized carbons (Fsp3) is 0.273. The molecule has 0 bridgehead atoms. The van der Waals surface area contributed by atoms with Crippen LogP contribution in [0.5, 0.6) is 0 Å². The zero-order valence-electron chi connectivity index (χ0n) is 9.42. The molecule has 1 aromatic rings.